The van der Waals surface area contributed by atoms with Crippen LogP contribution in [-0.2, 0) is 12.8 Å². The van der Waals surface area contributed by atoms with Gasteiger partial charge in [-0.2, -0.15) is 0 Å². The number of carbonyl (C=O) groups is 2. The molecule has 5 nitrogen and oxygen atoms in total. The van der Waals surface area contributed by atoms with Gasteiger partial charge in [0.25, 0.3) is 11.8 Å². The lowest BCUT2D eigenvalue weighted by Gasteiger charge is -2.10. The van der Waals surface area contributed by atoms with Crippen LogP contribution in [0.1, 0.15) is 56.8 Å². The summed E-state index contributed by atoms with van der Waals surface area (Å²) in [6.45, 7) is 0. The van der Waals surface area contributed by atoms with Crippen LogP contribution >= 0.6 is 11.3 Å². The number of aryl methyl sites for hydroxylation is 1. The Bertz CT molecular complexity index is 1040. The van der Waals surface area contributed by atoms with E-state index in [-0.39, 0.29) is 5.91 Å². The molecule has 6 heteroatoms. The summed E-state index contributed by atoms with van der Waals surface area (Å²) in [4.78, 5) is 26.1. The van der Waals surface area contributed by atoms with Crippen LogP contribution in [0.5, 0.6) is 11.5 Å². The van der Waals surface area contributed by atoms with E-state index in [9.17, 15) is 9.59 Å². The zero-order chi connectivity index (χ0) is 20.9. The number of primary amides is 1. The van der Waals surface area contributed by atoms with Gasteiger partial charge in [0.1, 0.15) is 16.5 Å². The lowest BCUT2D eigenvalue weighted by atomic mass is 9.96. The number of anilines is 1. The number of thiophene rings is 1. The van der Waals surface area contributed by atoms with Gasteiger partial charge in [0.15, 0.2) is 0 Å². The molecular formula is C24H24N2O3S. The van der Waals surface area contributed by atoms with Gasteiger partial charge >= 0.3 is 0 Å². The van der Waals surface area contributed by atoms with Crippen molar-refractivity contribution < 1.29 is 14.3 Å². The summed E-state index contributed by atoms with van der Waals surface area (Å²) in [7, 11) is 0. The Morgan fingerprint density at radius 3 is 2.23 bits per heavy atom. The van der Waals surface area contributed by atoms with Crippen molar-refractivity contribution in [3.05, 3.63) is 76.2 Å². The van der Waals surface area contributed by atoms with Crippen molar-refractivity contribution in [1.82, 2.24) is 0 Å². The fraction of sp³-hybridized carbons (Fsp3) is 0.250. The van der Waals surface area contributed by atoms with Crippen molar-refractivity contribution >= 4 is 28.2 Å². The highest BCUT2D eigenvalue weighted by Crippen LogP contribution is 2.37. The number of fused-ring (bicyclic) bond motifs is 1. The molecule has 1 aliphatic rings. The molecule has 0 radical (unpaired) electrons. The number of nitrogens with one attached hydrogen (secondary N) is 1. The maximum atomic E-state index is 12.8. The van der Waals surface area contributed by atoms with Crippen molar-refractivity contribution in [3.8, 4) is 11.5 Å². The normalized spacial score (nSPS) is 13.6. The summed E-state index contributed by atoms with van der Waals surface area (Å²) in [5.74, 6) is 0.638. The first-order valence-corrected chi connectivity index (χ1v) is 11.0. The van der Waals surface area contributed by atoms with Gasteiger partial charge in [-0.15, -0.1) is 11.3 Å². The van der Waals surface area contributed by atoms with Gasteiger partial charge in [0, 0.05) is 10.4 Å². The molecule has 0 saturated carbocycles. The second-order valence-corrected chi connectivity index (χ2v) is 8.49. The molecule has 30 heavy (non-hydrogen) atoms. The van der Waals surface area contributed by atoms with Gasteiger partial charge in [-0.3, -0.25) is 9.59 Å². The summed E-state index contributed by atoms with van der Waals surface area (Å²) in [5, 5.41) is 3.47. The molecule has 3 N–H and O–H groups in total. The van der Waals surface area contributed by atoms with E-state index in [1.165, 1.54) is 22.6 Å². The number of benzene rings is 2. The third kappa shape index (κ3) is 4.54. The van der Waals surface area contributed by atoms with E-state index in [0.717, 1.165) is 43.4 Å². The summed E-state index contributed by atoms with van der Waals surface area (Å²) in [6.07, 6.45) is 6.27. The van der Waals surface area contributed by atoms with Crippen LogP contribution in [0.25, 0.3) is 0 Å². The summed E-state index contributed by atoms with van der Waals surface area (Å²) >= 11 is 1.48. The third-order valence-corrected chi connectivity index (χ3v) is 6.45. The van der Waals surface area contributed by atoms with Crippen molar-refractivity contribution in [2.75, 3.05) is 5.32 Å². The number of amides is 2. The topological polar surface area (TPSA) is 81.4 Å². The summed E-state index contributed by atoms with van der Waals surface area (Å²) < 4.78 is 5.77. The summed E-state index contributed by atoms with van der Waals surface area (Å²) in [6, 6.07) is 16.4. The van der Waals surface area contributed by atoms with E-state index in [1.807, 2.05) is 30.3 Å². The lowest BCUT2D eigenvalue weighted by molar-refractivity contribution is 0.100. The molecule has 4 rings (SSSR count). The number of hydrogen-bond donors (Lipinski definition) is 2. The monoisotopic (exact) mass is 420 g/mol. The minimum Gasteiger partial charge on any atom is -0.457 e. The molecule has 0 saturated heterocycles. The molecule has 1 aliphatic carbocycles. The van der Waals surface area contributed by atoms with Crippen molar-refractivity contribution in [3.63, 3.8) is 0 Å². The molecule has 0 unspecified atom stereocenters. The number of carbonyl (C=O) groups excluding carboxylic acids is 2. The highest BCUT2D eigenvalue weighted by molar-refractivity contribution is 7.17. The number of para-hydroxylation sites is 1. The van der Waals surface area contributed by atoms with E-state index in [4.69, 9.17) is 10.5 Å². The number of ether oxygens (including phenoxy) is 1. The van der Waals surface area contributed by atoms with Crippen molar-refractivity contribution in [2.24, 2.45) is 5.73 Å². The summed E-state index contributed by atoms with van der Waals surface area (Å²) in [5.41, 5.74) is 7.68. The van der Waals surface area contributed by atoms with Gasteiger partial charge in [0.05, 0.1) is 5.56 Å². The van der Waals surface area contributed by atoms with Crippen molar-refractivity contribution in [1.29, 1.82) is 0 Å². The first kappa shape index (κ1) is 20.2. The largest absolute Gasteiger partial charge is 0.457 e. The second kappa shape index (κ2) is 9.13. The highest BCUT2D eigenvalue weighted by atomic mass is 32.1. The first-order valence-electron chi connectivity index (χ1n) is 10.2. The number of nitrogens with two attached hydrogens (primary N) is 1. The molecule has 3 aromatic rings. The predicted molar refractivity (Wildman–Crippen MR) is 120 cm³/mol. The lowest BCUT2D eigenvalue weighted by Crippen LogP contribution is -2.18. The zero-order valence-electron chi connectivity index (χ0n) is 16.6. The molecule has 1 aromatic heterocycles. The second-order valence-electron chi connectivity index (χ2n) is 7.38. The minimum absolute atomic E-state index is 0.266. The number of hydrogen-bond acceptors (Lipinski definition) is 4. The van der Waals surface area contributed by atoms with Crippen LogP contribution in [0, 0.1) is 0 Å². The van der Waals surface area contributed by atoms with Gasteiger partial charge in [0.2, 0.25) is 0 Å². The van der Waals surface area contributed by atoms with Crippen LogP contribution in [0.3, 0.4) is 0 Å². The molecule has 0 spiro atoms. The maximum absolute atomic E-state index is 12.8. The van der Waals surface area contributed by atoms with Gasteiger partial charge in [-0.25, -0.2) is 0 Å². The van der Waals surface area contributed by atoms with Crippen LogP contribution < -0.4 is 15.8 Å². The minimum atomic E-state index is -0.477. The molecule has 1 heterocycles. The van der Waals surface area contributed by atoms with Gasteiger partial charge in [-0.1, -0.05) is 31.0 Å². The Labute approximate surface area is 179 Å². The molecule has 2 amide bonds. The number of rotatable bonds is 5. The predicted octanol–water partition coefficient (Wildman–Crippen LogP) is 5.55. The van der Waals surface area contributed by atoms with E-state index < -0.39 is 5.91 Å². The Morgan fingerprint density at radius 1 is 0.867 bits per heavy atom. The first-order chi connectivity index (χ1) is 14.6. The molecule has 154 valence electrons. The van der Waals surface area contributed by atoms with Crippen molar-refractivity contribution in [2.45, 2.75) is 38.5 Å². The molecule has 0 fully saturated rings. The molecular weight excluding hydrogens is 396 g/mol. The highest BCUT2D eigenvalue weighted by Gasteiger charge is 2.24. The SMILES string of the molecule is NC(=O)c1c(NC(=O)c2ccc(Oc3ccccc3)cc2)sc2c1CCCCCC2. The van der Waals surface area contributed by atoms with E-state index >= 15 is 0 Å². The third-order valence-electron chi connectivity index (χ3n) is 5.24. The van der Waals surface area contributed by atoms with Crippen LogP contribution in [0.2, 0.25) is 0 Å². The fourth-order valence-corrected chi connectivity index (χ4v) is 5.03. The Hall–Kier alpha value is -3.12. The maximum Gasteiger partial charge on any atom is 0.256 e. The van der Waals surface area contributed by atoms with E-state index in [2.05, 4.69) is 5.32 Å². The van der Waals surface area contributed by atoms with Gasteiger partial charge in [-0.05, 0) is 67.6 Å². The molecule has 0 atom stereocenters. The Morgan fingerprint density at radius 2 is 1.53 bits per heavy atom. The van der Waals surface area contributed by atoms with Crippen LogP contribution in [0.15, 0.2) is 54.6 Å². The van der Waals surface area contributed by atoms with E-state index in [0.29, 0.717) is 21.9 Å². The Kier molecular flexibility index (Phi) is 6.14. The average Bonchev–Trinajstić information content (AvgIpc) is 3.05. The van der Waals surface area contributed by atoms with Gasteiger partial charge < -0.3 is 15.8 Å². The van der Waals surface area contributed by atoms with Crippen LogP contribution in [-0.4, -0.2) is 11.8 Å². The van der Waals surface area contributed by atoms with E-state index in [1.54, 1.807) is 24.3 Å². The Balaban J connectivity index is 1.52. The fourth-order valence-electron chi connectivity index (χ4n) is 3.74. The quantitative estimate of drug-likeness (QED) is 0.568. The molecule has 0 aliphatic heterocycles. The average molecular weight is 421 g/mol. The molecule has 2 aromatic carbocycles. The zero-order valence-corrected chi connectivity index (χ0v) is 17.5. The standard InChI is InChI=1S/C24H24N2O3S/c25-22(27)21-19-10-6-1-2-7-11-20(19)30-24(21)26-23(28)16-12-14-18(15-13-16)29-17-8-4-3-5-9-17/h3-5,8-9,12-15H,1-2,6-7,10-11H2,(H2,25,27)(H,26,28). The van der Waals surface area contributed by atoms with Crippen LogP contribution in [0.4, 0.5) is 5.00 Å². The smallest absolute Gasteiger partial charge is 0.256 e. The molecule has 0 bridgehead atoms.